The van der Waals surface area contributed by atoms with Crippen LogP contribution >= 0.6 is 24.8 Å². The summed E-state index contributed by atoms with van der Waals surface area (Å²) in [5.41, 5.74) is 8.27. The molecule has 0 radical (unpaired) electrons. The van der Waals surface area contributed by atoms with Crippen molar-refractivity contribution in [2.24, 2.45) is 11.7 Å². The molecule has 148 valence electrons. The molecule has 0 spiro atoms. The number of hydrogen-bond acceptors (Lipinski definition) is 3. The highest BCUT2D eigenvalue weighted by Crippen LogP contribution is 2.27. The van der Waals surface area contributed by atoms with E-state index in [0.717, 1.165) is 31.5 Å². The monoisotopic (exact) mass is 401 g/mol. The molecule has 3 atom stereocenters. The summed E-state index contributed by atoms with van der Waals surface area (Å²) in [4.78, 5) is 14.7. The van der Waals surface area contributed by atoms with Crippen molar-refractivity contribution in [1.29, 1.82) is 0 Å². The molecule has 3 N–H and O–H groups in total. The molecule has 1 aliphatic heterocycles. The minimum Gasteiger partial charge on any atom is -0.327 e. The van der Waals surface area contributed by atoms with Gasteiger partial charge in [-0.2, -0.15) is 0 Å². The number of nitrogens with zero attached hydrogens (tertiary/aromatic N) is 1. The van der Waals surface area contributed by atoms with E-state index in [2.05, 4.69) is 29.3 Å². The van der Waals surface area contributed by atoms with Crippen molar-refractivity contribution in [3.8, 4) is 0 Å². The highest BCUT2D eigenvalue weighted by atomic mass is 35.5. The molecule has 1 heterocycles. The Balaban J connectivity index is 0.00000169. The number of carbonyl (C=O) groups excluding carboxylic acids is 1. The highest BCUT2D eigenvalue weighted by molar-refractivity contribution is 5.90. The zero-order valence-electron chi connectivity index (χ0n) is 15.7. The van der Waals surface area contributed by atoms with Gasteiger partial charge in [0.05, 0.1) is 0 Å². The van der Waals surface area contributed by atoms with Crippen molar-refractivity contribution in [1.82, 2.24) is 4.90 Å². The molecular formula is C20H33Cl2N3O. The second-order valence-electron chi connectivity index (χ2n) is 7.62. The Morgan fingerprint density at radius 1 is 1.12 bits per heavy atom. The fraction of sp³-hybridized carbons (Fsp3) is 0.650. The van der Waals surface area contributed by atoms with Crippen LogP contribution in [0.1, 0.15) is 57.4 Å². The first-order valence-corrected chi connectivity index (χ1v) is 9.50. The molecule has 6 heteroatoms. The summed E-state index contributed by atoms with van der Waals surface area (Å²) < 4.78 is 0. The second kappa shape index (κ2) is 11.1. The third-order valence-corrected chi connectivity index (χ3v) is 5.73. The Bertz CT molecular complexity index is 552. The van der Waals surface area contributed by atoms with Crippen LogP contribution in [0.2, 0.25) is 0 Å². The minimum atomic E-state index is 0. The van der Waals surface area contributed by atoms with Crippen LogP contribution in [0.15, 0.2) is 24.3 Å². The summed E-state index contributed by atoms with van der Waals surface area (Å²) in [7, 11) is 0. The van der Waals surface area contributed by atoms with Crippen LogP contribution in [0.5, 0.6) is 0 Å². The SMILES string of the molecule is CC1CCCCN1Cc1ccc(NC(=O)C[C@@H]2CCC[C@H]2N)cc1.Cl.Cl. The number of piperidine rings is 1. The molecule has 2 fully saturated rings. The summed E-state index contributed by atoms with van der Waals surface area (Å²) in [5, 5.41) is 3.02. The van der Waals surface area contributed by atoms with Crippen molar-refractivity contribution < 1.29 is 4.79 Å². The van der Waals surface area contributed by atoms with Gasteiger partial charge in [0.1, 0.15) is 0 Å². The van der Waals surface area contributed by atoms with Gasteiger partial charge in [0.25, 0.3) is 0 Å². The van der Waals surface area contributed by atoms with Gasteiger partial charge in [0, 0.05) is 30.7 Å². The Morgan fingerprint density at radius 3 is 2.46 bits per heavy atom. The number of nitrogens with one attached hydrogen (secondary N) is 1. The summed E-state index contributed by atoms with van der Waals surface area (Å²) in [6.45, 7) is 4.52. The Labute approximate surface area is 170 Å². The van der Waals surface area contributed by atoms with E-state index in [1.165, 1.54) is 31.4 Å². The zero-order chi connectivity index (χ0) is 16.9. The first kappa shape index (κ1) is 23.2. The number of likely N-dealkylation sites (tertiary alicyclic amines) is 1. The van der Waals surface area contributed by atoms with Crippen LogP contribution in [0, 0.1) is 5.92 Å². The van der Waals surface area contributed by atoms with E-state index < -0.39 is 0 Å². The van der Waals surface area contributed by atoms with Crippen molar-refractivity contribution in [3.63, 3.8) is 0 Å². The number of hydrogen-bond donors (Lipinski definition) is 2. The molecule has 0 aromatic heterocycles. The van der Waals surface area contributed by atoms with Crippen molar-refractivity contribution in [3.05, 3.63) is 29.8 Å². The second-order valence-corrected chi connectivity index (χ2v) is 7.62. The maximum atomic E-state index is 12.2. The number of benzene rings is 1. The van der Waals surface area contributed by atoms with E-state index in [4.69, 9.17) is 5.73 Å². The number of amides is 1. The molecule has 26 heavy (non-hydrogen) atoms. The highest BCUT2D eigenvalue weighted by Gasteiger charge is 2.26. The topological polar surface area (TPSA) is 58.4 Å². The largest absolute Gasteiger partial charge is 0.327 e. The molecule has 1 amide bonds. The van der Waals surface area contributed by atoms with E-state index in [-0.39, 0.29) is 36.8 Å². The summed E-state index contributed by atoms with van der Waals surface area (Å²) in [6, 6.07) is 9.20. The van der Waals surface area contributed by atoms with Crippen molar-refractivity contribution >= 4 is 36.4 Å². The van der Waals surface area contributed by atoms with E-state index in [9.17, 15) is 4.79 Å². The van der Waals surface area contributed by atoms with Crippen LogP contribution in [-0.4, -0.2) is 29.4 Å². The molecule has 1 aromatic carbocycles. The fourth-order valence-corrected chi connectivity index (χ4v) is 4.09. The number of carbonyl (C=O) groups is 1. The van der Waals surface area contributed by atoms with E-state index in [1.54, 1.807) is 0 Å². The molecule has 2 aliphatic rings. The lowest BCUT2D eigenvalue weighted by molar-refractivity contribution is -0.117. The quantitative estimate of drug-likeness (QED) is 0.770. The maximum Gasteiger partial charge on any atom is 0.224 e. The lowest BCUT2D eigenvalue weighted by Gasteiger charge is -2.33. The lowest BCUT2D eigenvalue weighted by atomic mass is 10.00. The molecule has 1 aromatic rings. The predicted octanol–water partition coefficient (Wildman–Crippen LogP) is 4.36. The van der Waals surface area contributed by atoms with Crippen molar-refractivity contribution in [2.45, 2.75) is 70.5 Å². The van der Waals surface area contributed by atoms with Gasteiger partial charge in [-0.25, -0.2) is 0 Å². The number of halogens is 2. The molecule has 1 unspecified atom stereocenters. The average Bonchev–Trinajstić information content (AvgIpc) is 2.96. The third-order valence-electron chi connectivity index (χ3n) is 5.73. The molecule has 1 saturated heterocycles. The van der Waals surface area contributed by atoms with Crippen LogP contribution in [0.25, 0.3) is 0 Å². The van der Waals surface area contributed by atoms with Crippen LogP contribution in [0.3, 0.4) is 0 Å². The Kier molecular flexibility index (Phi) is 9.94. The molecular weight excluding hydrogens is 369 g/mol. The van der Waals surface area contributed by atoms with Gasteiger partial charge in [-0.15, -0.1) is 24.8 Å². The summed E-state index contributed by atoms with van der Waals surface area (Å²) >= 11 is 0. The van der Waals surface area contributed by atoms with E-state index in [1.807, 2.05) is 12.1 Å². The van der Waals surface area contributed by atoms with Crippen molar-refractivity contribution in [2.75, 3.05) is 11.9 Å². The van der Waals surface area contributed by atoms with Crippen LogP contribution < -0.4 is 11.1 Å². The average molecular weight is 402 g/mol. The van der Waals surface area contributed by atoms with Gasteiger partial charge < -0.3 is 11.1 Å². The van der Waals surface area contributed by atoms with Crippen LogP contribution in [0.4, 0.5) is 5.69 Å². The number of rotatable bonds is 5. The van der Waals surface area contributed by atoms with Gasteiger partial charge >= 0.3 is 0 Å². The normalized spacial score (nSPS) is 25.8. The maximum absolute atomic E-state index is 12.2. The molecule has 1 saturated carbocycles. The number of anilines is 1. The van der Waals surface area contributed by atoms with Gasteiger partial charge in [-0.1, -0.05) is 25.0 Å². The van der Waals surface area contributed by atoms with Gasteiger partial charge in [0.15, 0.2) is 0 Å². The van der Waals surface area contributed by atoms with Gasteiger partial charge in [0.2, 0.25) is 5.91 Å². The molecule has 4 nitrogen and oxygen atoms in total. The Morgan fingerprint density at radius 2 is 1.85 bits per heavy atom. The van der Waals surface area contributed by atoms with E-state index in [0.29, 0.717) is 18.4 Å². The Hall–Kier alpha value is -0.810. The first-order chi connectivity index (χ1) is 11.6. The van der Waals surface area contributed by atoms with E-state index >= 15 is 0 Å². The zero-order valence-corrected chi connectivity index (χ0v) is 17.3. The molecule has 3 rings (SSSR count). The molecule has 0 bridgehead atoms. The lowest BCUT2D eigenvalue weighted by Crippen LogP contribution is -2.36. The first-order valence-electron chi connectivity index (χ1n) is 9.50. The fourth-order valence-electron chi connectivity index (χ4n) is 4.09. The van der Waals surface area contributed by atoms with Gasteiger partial charge in [-0.3, -0.25) is 9.69 Å². The third kappa shape index (κ3) is 6.41. The molecule has 1 aliphatic carbocycles. The van der Waals surface area contributed by atoms with Gasteiger partial charge in [-0.05, 0) is 62.8 Å². The minimum absolute atomic E-state index is 0. The van der Waals surface area contributed by atoms with Crippen LogP contribution in [-0.2, 0) is 11.3 Å². The smallest absolute Gasteiger partial charge is 0.224 e. The number of nitrogens with two attached hydrogens (primary N) is 1. The summed E-state index contributed by atoms with van der Waals surface area (Å²) in [6.07, 6.45) is 7.81. The standard InChI is InChI=1S/C20H31N3O.2ClH/c1-15-5-2-3-12-23(15)14-16-8-10-18(11-9-16)22-20(24)13-17-6-4-7-19(17)21;;/h8-11,15,17,19H,2-7,12-14,21H2,1H3,(H,22,24);2*1H/t15?,17-,19+;;/m0../s1. The summed E-state index contributed by atoms with van der Waals surface area (Å²) in [5.74, 6) is 0.444. The predicted molar refractivity (Wildman–Crippen MR) is 113 cm³/mol.